The lowest BCUT2D eigenvalue weighted by molar-refractivity contribution is -0.118. The standard InChI is InChI=1S/C14H12BrClN2O2/c15-10-3-1-2-4-12(10)18-14(19)8-20-13-6-5-9(17)7-11(13)16/h1-7H,8,17H2,(H,18,19). The number of carbonyl (C=O) groups excluding carboxylic acids is 1. The maximum absolute atomic E-state index is 11.8. The highest BCUT2D eigenvalue weighted by molar-refractivity contribution is 9.10. The highest BCUT2D eigenvalue weighted by Gasteiger charge is 2.08. The van der Waals surface area contributed by atoms with Gasteiger partial charge in [-0.05, 0) is 46.3 Å². The predicted molar refractivity (Wildman–Crippen MR) is 84.1 cm³/mol. The number of amides is 1. The Balaban J connectivity index is 1.94. The van der Waals surface area contributed by atoms with Gasteiger partial charge in [0.25, 0.3) is 5.91 Å². The van der Waals surface area contributed by atoms with Crippen LogP contribution in [0.2, 0.25) is 5.02 Å². The molecule has 104 valence electrons. The number of ether oxygens (including phenoxy) is 1. The van der Waals surface area contributed by atoms with Crippen LogP contribution in [0.25, 0.3) is 0 Å². The minimum atomic E-state index is -0.273. The van der Waals surface area contributed by atoms with E-state index < -0.39 is 0 Å². The number of hydrogen-bond donors (Lipinski definition) is 2. The van der Waals surface area contributed by atoms with Crippen LogP contribution in [0.15, 0.2) is 46.9 Å². The summed E-state index contributed by atoms with van der Waals surface area (Å²) >= 11 is 9.30. The molecule has 20 heavy (non-hydrogen) atoms. The fraction of sp³-hybridized carbons (Fsp3) is 0.0714. The van der Waals surface area contributed by atoms with Crippen molar-refractivity contribution in [1.29, 1.82) is 0 Å². The topological polar surface area (TPSA) is 64.3 Å². The summed E-state index contributed by atoms with van der Waals surface area (Å²) in [5.74, 6) is 0.146. The second-order valence-corrected chi connectivity index (χ2v) is 5.27. The molecule has 0 aromatic heterocycles. The van der Waals surface area contributed by atoms with Crippen LogP contribution in [0, 0.1) is 0 Å². The fourth-order valence-electron chi connectivity index (χ4n) is 1.53. The minimum Gasteiger partial charge on any atom is -0.482 e. The number of para-hydroxylation sites is 1. The van der Waals surface area contributed by atoms with Gasteiger partial charge in [0, 0.05) is 10.2 Å². The van der Waals surface area contributed by atoms with Gasteiger partial charge in [-0.25, -0.2) is 0 Å². The Bertz CT molecular complexity index is 634. The number of benzene rings is 2. The first-order valence-corrected chi connectivity index (χ1v) is 6.95. The number of nitrogen functional groups attached to an aromatic ring is 1. The molecule has 0 saturated heterocycles. The molecule has 0 aliphatic carbocycles. The number of anilines is 2. The lowest BCUT2D eigenvalue weighted by Gasteiger charge is -2.10. The minimum absolute atomic E-state index is 0.134. The van der Waals surface area contributed by atoms with Crippen LogP contribution >= 0.6 is 27.5 Å². The van der Waals surface area contributed by atoms with Gasteiger partial charge in [-0.1, -0.05) is 23.7 Å². The molecule has 2 rings (SSSR count). The maximum Gasteiger partial charge on any atom is 0.262 e. The Morgan fingerprint density at radius 3 is 2.75 bits per heavy atom. The fourth-order valence-corrected chi connectivity index (χ4v) is 2.15. The summed E-state index contributed by atoms with van der Waals surface area (Å²) in [6, 6.07) is 12.2. The van der Waals surface area contributed by atoms with Crippen molar-refractivity contribution in [2.75, 3.05) is 17.7 Å². The van der Waals surface area contributed by atoms with Gasteiger partial charge < -0.3 is 15.8 Å². The molecule has 2 aromatic carbocycles. The molecule has 0 fully saturated rings. The SMILES string of the molecule is Nc1ccc(OCC(=O)Nc2ccccc2Br)c(Cl)c1. The van der Waals surface area contributed by atoms with Gasteiger partial charge in [0.15, 0.2) is 6.61 Å². The van der Waals surface area contributed by atoms with Gasteiger partial charge in [0.05, 0.1) is 10.7 Å². The molecule has 4 nitrogen and oxygen atoms in total. The molecule has 0 aliphatic rings. The lowest BCUT2D eigenvalue weighted by atomic mass is 10.3. The molecule has 6 heteroatoms. The summed E-state index contributed by atoms with van der Waals surface area (Å²) in [5, 5.41) is 3.11. The van der Waals surface area contributed by atoms with E-state index in [-0.39, 0.29) is 12.5 Å². The second kappa shape index (κ2) is 6.63. The summed E-state index contributed by atoms with van der Waals surface area (Å²) in [6.07, 6.45) is 0. The summed E-state index contributed by atoms with van der Waals surface area (Å²) in [5.41, 5.74) is 6.80. The van der Waals surface area contributed by atoms with Crippen molar-refractivity contribution in [1.82, 2.24) is 0 Å². The average molecular weight is 356 g/mol. The zero-order valence-electron chi connectivity index (χ0n) is 10.4. The molecule has 0 bridgehead atoms. The quantitative estimate of drug-likeness (QED) is 0.822. The van der Waals surface area contributed by atoms with Gasteiger partial charge in [-0.2, -0.15) is 0 Å². The van der Waals surface area contributed by atoms with E-state index in [0.717, 1.165) is 4.47 Å². The summed E-state index contributed by atoms with van der Waals surface area (Å²) in [4.78, 5) is 11.8. The number of rotatable bonds is 4. The van der Waals surface area contributed by atoms with E-state index in [1.807, 2.05) is 18.2 Å². The van der Waals surface area contributed by atoms with Gasteiger partial charge in [0.2, 0.25) is 0 Å². The molecule has 0 heterocycles. The second-order valence-electron chi connectivity index (χ2n) is 4.01. The number of nitrogens with two attached hydrogens (primary N) is 1. The van der Waals surface area contributed by atoms with E-state index in [1.54, 1.807) is 24.3 Å². The Labute approximate surface area is 130 Å². The number of nitrogens with one attached hydrogen (secondary N) is 1. The van der Waals surface area contributed by atoms with E-state index in [1.165, 1.54) is 0 Å². The van der Waals surface area contributed by atoms with Crippen LogP contribution in [0.1, 0.15) is 0 Å². The van der Waals surface area contributed by atoms with Crippen LogP contribution in [0.3, 0.4) is 0 Å². The van der Waals surface area contributed by atoms with Crippen molar-refractivity contribution in [3.05, 3.63) is 52.0 Å². The third-order valence-corrected chi connectivity index (χ3v) is 3.45. The van der Waals surface area contributed by atoms with Gasteiger partial charge in [-0.15, -0.1) is 0 Å². The molecule has 2 aromatic rings. The van der Waals surface area contributed by atoms with E-state index >= 15 is 0 Å². The summed E-state index contributed by atoms with van der Waals surface area (Å²) in [6.45, 7) is -0.134. The predicted octanol–water partition coefficient (Wildman–Crippen LogP) is 3.70. The zero-order valence-corrected chi connectivity index (χ0v) is 12.7. The molecule has 0 spiro atoms. The van der Waals surface area contributed by atoms with E-state index in [4.69, 9.17) is 22.1 Å². The molecule has 0 saturated carbocycles. The van der Waals surface area contributed by atoms with Gasteiger partial charge in [0.1, 0.15) is 5.75 Å². The molecular formula is C14H12BrClN2O2. The monoisotopic (exact) mass is 354 g/mol. The molecule has 0 unspecified atom stereocenters. The first-order valence-electron chi connectivity index (χ1n) is 5.78. The molecule has 0 atom stereocenters. The van der Waals surface area contributed by atoms with Crippen molar-refractivity contribution in [3.8, 4) is 5.75 Å². The lowest BCUT2D eigenvalue weighted by Crippen LogP contribution is -2.20. The van der Waals surface area contributed by atoms with Crippen LogP contribution in [-0.2, 0) is 4.79 Å². The number of carbonyl (C=O) groups is 1. The van der Waals surface area contributed by atoms with E-state index in [9.17, 15) is 4.79 Å². The average Bonchev–Trinajstić information content (AvgIpc) is 2.40. The summed E-state index contributed by atoms with van der Waals surface area (Å²) < 4.78 is 6.16. The van der Waals surface area contributed by atoms with E-state index in [2.05, 4.69) is 21.2 Å². The molecule has 1 amide bonds. The van der Waals surface area contributed by atoms with Crippen molar-refractivity contribution in [3.63, 3.8) is 0 Å². The Hall–Kier alpha value is -1.72. The van der Waals surface area contributed by atoms with Crippen LogP contribution < -0.4 is 15.8 Å². The van der Waals surface area contributed by atoms with Crippen molar-refractivity contribution < 1.29 is 9.53 Å². The third-order valence-electron chi connectivity index (χ3n) is 2.46. The first kappa shape index (κ1) is 14.7. The molecule has 3 N–H and O–H groups in total. The van der Waals surface area contributed by atoms with Crippen molar-refractivity contribution >= 4 is 44.8 Å². The highest BCUT2D eigenvalue weighted by atomic mass is 79.9. The van der Waals surface area contributed by atoms with E-state index in [0.29, 0.717) is 22.1 Å². The number of halogens is 2. The Kier molecular flexibility index (Phi) is 4.87. The smallest absolute Gasteiger partial charge is 0.262 e. The van der Waals surface area contributed by atoms with Gasteiger partial charge in [-0.3, -0.25) is 4.79 Å². The van der Waals surface area contributed by atoms with Crippen molar-refractivity contribution in [2.45, 2.75) is 0 Å². The Morgan fingerprint density at radius 2 is 2.05 bits per heavy atom. The van der Waals surface area contributed by atoms with Gasteiger partial charge >= 0.3 is 0 Å². The molecular weight excluding hydrogens is 344 g/mol. The summed E-state index contributed by atoms with van der Waals surface area (Å²) in [7, 11) is 0. The maximum atomic E-state index is 11.8. The normalized spacial score (nSPS) is 10.1. The number of hydrogen-bond acceptors (Lipinski definition) is 3. The highest BCUT2D eigenvalue weighted by Crippen LogP contribution is 2.26. The Morgan fingerprint density at radius 1 is 1.30 bits per heavy atom. The largest absolute Gasteiger partial charge is 0.482 e. The third kappa shape index (κ3) is 3.88. The molecule has 0 aliphatic heterocycles. The first-order chi connectivity index (χ1) is 9.56. The zero-order chi connectivity index (χ0) is 14.5. The van der Waals surface area contributed by atoms with Crippen LogP contribution in [0.4, 0.5) is 11.4 Å². The molecule has 0 radical (unpaired) electrons. The van der Waals surface area contributed by atoms with Crippen molar-refractivity contribution in [2.24, 2.45) is 0 Å². The van der Waals surface area contributed by atoms with Crippen LogP contribution in [-0.4, -0.2) is 12.5 Å². The van der Waals surface area contributed by atoms with Crippen LogP contribution in [0.5, 0.6) is 5.75 Å².